The van der Waals surface area contributed by atoms with Crippen molar-refractivity contribution in [2.24, 2.45) is 0 Å². The SMILES string of the molecule is C=C(C(=O)OC)C(O)c1cc(N)cnc1Cl. The molecule has 0 saturated carbocycles. The van der Waals surface area contributed by atoms with Crippen LogP contribution in [0.25, 0.3) is 0 Å². The Labute approximate surface area is 97.5 Å². The average molecular weight is 243 g/mol. The second-order valence-corrected chi connectivity index (χ2v) is 3.43. The molecule has 3 N–H and O–H groups in total. The highest BCUT2D eigenvalue weighted by Gasteiger charge is 2.21. The summed E-state index contributed by atoms with van der Waals surface area (Å²) in [4.78, 5) is 14.9. The first-order valence-corrected chi connectivity index (χ1v) is 4.71. The summed E-state index contributed by atoms with van der Waals surface area (Å²) >= 11 is 5.76. The largest absolute Gasteiger partial charge is 0.466 e. The van der Waals surface area contributed by atoms with Crippen LogP contribution in [0.15, 0.2) is 24.4 Å². The summed E-state index contributed by atoms with van der Waals surface area (Å²) in [5.41, 5.74) is 5.92. The molecule has 1 aromatic heterocycles. The molecule has 1 heterocycles. The minimum atomic E-state index is -1.28. The number of nitrogens with two attached hydrogens (primary N) is 1. The van der Waals surface area contributed by atoms with E-state index in [2.05, 4.69) is 16.3 Å². The molecule has 0 fully saturated rings. The number of halogens is 1. The lowest BCUT2D eigenvalue weighted by molar-refractivity contribution is -0.137. The number of anilines is 1. The molecule has 1 rings (SSSR count). The van der Waals surface area contributed by atoms with E-state index in [0.717, 1.165) is 0 Å². The van der Waals surface area contributed by atoms with Gasteiger partial charge in [-0.2, -0.15) is 0 Å². The molecule has 0 aliphatic rings. The van der Waals surface area contributed by atoms with Gasteiger partial charge in [-0.15, -0.1) is 0 Å². The molecule has 1 unspecified atom stereocenters. The van der Waals surface area contributed by atoms with Crippen LogP contribution in [0.3, 0.4) is 0 Å². The van der Waals surface area contributed by atoms with E-state index in [1.165, 1.54) is 19.4 Å². The zero-order valence-electron chi connectivity index (χ0n) is 8.61. The number of methoxy groups -OCH3 is 1. The Balaban J connectivity index is 3.04. The molecule has 0 aromatic carbocycles. The smallest absolute Gasteiger partial charge is 0.336 e. The molecule has 0 bridgehead atoms. The molecule has 16 heavy (non-hydrogen) atoms. The van der Waals surface area contributed by atoms with Crippen LogP contribution < -0.4 is 5.73 Å². The Kier molecular flexibility index (Phi) is 3.87. The predicted octanol–water partition coefficient (Wildman–Crippen LogP) is 1.08. The highest BCUT2D eigenvalue weighted by atomic mass is 35.5. The third-order valence-electron chi connectivity index (χ3n) is 1.96. The molecule has 0 saturated heterocycles. The quantitative estimate of drug-likeness (QED) is 0.471. The first-order valence-electron chi connectivity index (χ1n) is 4.33. The lowest BCUT2D eigenvalue weighted by Gasteiger charge is -2.13. The zero-order valence-corrected chi connectivity index (χ0v) is 9.36. The number of carbonyl (C=O) groups excluding carboxylic acids is 1. The summed E-state index contributed by atoms with van der Waals surface area (Å²) in [5, 5.41) is 9.88. The molecule has 0 amide bonds. The summed E-state index contributed by atoms with van der Waals surface area (Å²) in [5.74, 6) is -0.717. The second-order valence-electron chi connectivity index (χ2n) is 3.07. The Hall–Kier alpha value is -1.59. The zero-order chi connectivity index (χ0) is 12.3. The summed E-state index contributed by atoms with van der Waals surface area (Å²) in [6.45, 7) is 3.42. The molecule has 0 spiro atoms. The highest BCUT2D eigenvalue weighted by molar-refractivity contribution is 6.30. The highest BCUT2D eigenvalue weighted by Crippen LogP contribution is 2.27. The number of hydrogen-bond acceptors (Lipinski definition) is 5. The minimum Gasteiger partial charge on any atom is -0.466 e. The molecule has 1 aromatic rings. The van der Waals surface area contributed by atoms with E-state index in [-0.39, 0.29) is 16.3 Å². The van der Waals surface area contributed by atoms with Crippen molar-refractivity contribution in [3.8, 4) is 0 Å². The van der Waals surface area contributed by atoms with Gasteiger partial charge in [-0.1, -0.05) is 18.2 Å². The van der Waals surface area contributed by atoms with Gasteiger partial charge in [-0.25, -0.2) is 9.78 Å². The Morgan fingerprint density at radius 1 is 1.75 bits per heavy atom. The van der Waals surface area contributed by atoms with Crippen molar-refractivity contribution in [3.63, 3.8) is 0 Å². The van der Waals surface area contributed by atoms with Crippen LogP contribution in [-0.4, -0.2) is 23.2 Å². The third kappa shape index (κ3) is 2.50. The van der Waals surface area contributed by atoms with E-state index in [1.807, 2.05) is 0 Å². The molecule has 86 valence electrons. The van der Waals surface area contributed by atoms with Crippen LogP contribution in [-0.2, 0) is 9.53 Å². The molecular weight excluding hydrogens is 232 g/mol. The Morgan fingerprint density at radius 3 is 2.94 bits per heavy atom. The van der Waals surface area contributed by atoms with Crippen molar-refractivity contribution in [2.75, 3.05) is 12.8 Å². The minimum absolute atomic E-state index is 0.0618. The van der Waals surface area contributed by atoms with Gasteiger partial charge in [0.05, 0.1) is 24.6 Å². The molecule has 5 nitrogen and oxygen atoms in total. The number of aromatic nitrogens is 1. The Morgan fingerprint density at radius 2 is 2.38 bits per heavy atom. The summed E-state index contributed by atoms with van der Waals surface area (Å²) < 4.78 is 4.43. The maximum Gasteiger partial charge on any atom is 0.336 e. The lowest BCUT2D eigenvalue weighted by Crippen LogP contribution is -2.13. The topological polar surface area (TPSA) is 85.4 Å². The van der Waals surface area contributed by atoms with E-state index >= 15 is 0 Å². The fourth-order valence-corrected chi connectivity index (χ4v) is 1.31. The number of carbonyl (C=O) groups is 1. The fourth-order valence-electron chi connectivity index (χ4n) is 1.10. The first kappa shape index (κ1) is 12.5. The van der Waals surface area contributed by atoms with Gasteiger partial charge in [0.1, 0.15) is 11.3 Å². The number of nitrogen functional groups attached to an aromatic ring is 1. The van der Waals surface area contributed by atoms with Crippen LogP contribution in [0.4, 0.5) is 5.69 Å². The number of aliphatic hydroxyl groups excluding tert-OH is 1. The van der Waals surface area contributed by atoms with Gasteiger partial charge in [0.15, 0.2) is 0 Å². The number of ether oxygens (including phenoxy) is 1. The van der Waals surface area contributed by atoms with Gasteiger partial charge in [0.2, 0.25) is 0 Å². The number of esters is 1. The Bertz CT molecular complexity index is 434. The van der Waals surface area contributed by atoms with Crippen molar-refractivity contribution < 1.29 is 14.6 Å². The van der Waals surface area contributed by atoms with Crippen molar-refractivity contribution >= 4 is 23.3 Å². The summed E-state index contributed by atoms with van der Waals surface area (Å²) in [6.07, 6.45) is 0.0652. The third-order valence-corrected chi connectivity index (χ3v) is 2.28. The summed E-state index contributed by atoms with van der Waals surface area (Å²) in [7, 11) is 1.19. The number of aliphatic hydroxyl groups is 1. The molecule has 0 radical (unpaired) electrons. The predicted molar refractivity (Wildman–Crippen MR) is 59.8 cm³/mol. The standard InChI is InChI=1S/C10H11ClN2O3/c1-5(10(15)16-2)8(14)7-3-6(12)4-13-9(7)11/h3-4,8,14H,1,12H2,2H3. The molecule has 0 aliphatic carbocycles. The van der Waals surface area contributed by atoms with Crippen molar-refractivity contribution in [1.29, 1.82) is 0 Å². The normalized spacial score (nSPS) is 11.9. The van der Waals surface area contributed by atoms with Gasteiger partial charge in [0, 0.05) is 5.56 Å². The fraction of sp³-hybridized carbons (Fsp3) is 0.200. The van der Waals surface area contributed by atoms with E-state index in [1.54, 1.807) is 0 Å². The summed E-state index contributed by atoms with van der Waals surface area (Å²) in [6, 6.07) is 1.42. The van der Waals surface area contributed by atoms with Crippen molar-refractivity contribution in [3.05, 3.63) is 35.1 Å². The second kappa shape index (κ2) is 4.96. The van der Waals surface area contributed by atoms with Gasteiger partial charge in [-0.3, -0.25) is 0 Å². The van der Waals surface area contributed by atoms with Crippen molar-refractivity contribution in [2.45, 2.75) is 6.10 Å². The van der Waals surface area contributed by atoms with E-state index in [0.29, 0.717) is 5.69 Å². The van der Waals surface area contributed by atoms with Gasteiger partial charge < -0.3 is 15.6 Å². The lowest BCUT2D eigenvalue weighted by atomic mass is 10.0. The van der Waals surface area contributed by atoms with E-state index < -0.39 is 12.1 Å². The van der Waals surface area contributed by atoms with Crippen LogP contribution >= 0.6 is 11.6 Å². The number of hydrogen-bond donors (Lipinski definition) is 2. The molecule has 1 atom stereocenters. The van der Waals surface area contributed by atoms with Crippen LogP contribution in [0.2, 0.25) is 5.15 Å². The molecule has 6 heteroatoms. The molecule has 0 aliphatic heterocycles. The maximum atomic E-state index is 11.1. The average Bonchev–Trinajstić information content (AvgIpc) is 2.29. The monoisotopic (exact) mass is 242 g/mol. The van der Waals surface area contributed by atoms with Gasteiger partial charge in [-0.05, 0) is 6.07 Å². The van der Waals surface area contributed by atoms with Gasteiger partial charge >= 0.3 is 5.97 Å². The van der Waals surface area contributed by atoms with Crippen LogP contribution in [0, 0.1) is 0 Å². The maximum absolute atomic E-state index is 11.1. The van der Waals surface area contributed by atoms with Crippen LogP contribution in [0.5, 0.6) is 0 Å². The molecular formula is C10H11ClN2O3. The van der Waals surface area contributed by atoms with Crippen LogP contribution in [0.1, 0.15) is 11.7 Å². The van der Waals surface area contributed by atoms with E-state index in [4.69, 9.17) is 17.3 Å². The van der Waals surface area contributed by atoms with E-state index in [9.17, 15) is 9.90 Å². The number of pyridine rings is 1. The first-order chi connectivity index (χ1) is 7.47. The van der Waals surface area contributed by atoms with Gasteiger partial charge in [0.25, 0.3) is 0 Å². The number of rotatable bonds is 3. The van der Waals surface area contributed by atoms with Crippen molar-refractivity contribution in [1.82, 2.24) is 4.98 Å². The number of nitrogens with zero attached hydrogens (tertiary/aromatic N) is 1.